The van der Waals surface area contributed by atoms with E-state index in [0.717, 1.165) is 8.95 Å². The Kier molecular flexibility index (Phi) is 6.88. The minimum Gasteiger partial charge on any atom is -0.480 e. The average molecular weight is 411 g/mol. The SMILES string of the molecule is CSCC[C@H](NC(=O)c1cc(Br)cc(Br)c1)C(=O)O. The second-order valence-corrected chi connectivity index (χ2v) is 6.62. The molecule has 0 bridgehead atoms. The molecule has 0 aromatic heterocycles. The Hall–Kier alpha value is -0.530. The van der Waals surface area contributed by atoms with Crippen molar-refractivity contribution in [3.05, 3.63) is 32.7 Å². The molecule has 4 nitrogen and oxygen atoms in total. The molecular weight excluding hydrogens is 398 g/mol. The molecule has 2 N–H and O–H groups in total. The van der Waals surface area contributed by atoms with Crippen LogP contribution in [0.3, 0.4) is 0 Å². The van der Waals surface area contributed by atoms with Crippen LogP contribution in [-0.2, 0) is 4.79 Å². The fraction of sp³-hybridized carbons (Fsp3) is 0.333. The van der Waals surface area contributed by atoms with E-state index >= 15 is 0 Å². The van der Waals surface area contributed by atoms with Gasteiger partial charge in [0.25, 0.3) is 5.91 Å². The number of amides is 1. The Morgan fingerprint density at radius 2 is 1.89 bits per heavy atom. The van der Waals surface area contributed by atoms with E-state index in [1.54, 1.807) is 30.0 Å². The van der Waals surface area contributed by atoms with Crippen molar-refractivity contribution in [2.45, 2.75) is 12.5 Å². The Morgan fingerprint density at radius 1 is 1.32 bits per heavy atom. The molecule has 0 fully saturated rings. The average Bonchev–Trinajstić information content (AvgIpc) is 2.32. The van der Waals surface area contributed by atoms with Crippen LogP contribution in [-0.4, -0.2) is 35.0 Å². The second kappa shape index (κ2) is 7.91. The Bertz CT molecular complexity index is 462. The van der Waals surface area contributed by atoms with Crippen LogP contribution in [0.5, 0.6) is 0 Å². The van der Waals surface area contributed by atoms with Crippen molar-refractivity contribution >= 4 is 55.5 Å². The van der Waals surface area contributed by atoms with E-state index in [4.69, 9.17) is 5.11 Å². The fourth-order valence-corrected chi connectivity index (χ4v) is 3.18. The second-order valence-electron chi connectivity index (χ2n) is 3.80. The van der Waals surface area contributed by atoms with Crippen LogP contribution in [0.25, 0.3) is 0 Å². The molecule has 0 radical (unpaired) electrons. The van der Waals surface area contributed by atoms with Gasteiger partial charge in [0.1, 0.15) is 6.04 Å². The van der Waals surface area contributed by atoms with Crippen molar-refractivity contribution in [1.82, 2.24) is 5.32 Å². The molecule has 7 heteroatoms. The maximum atomic E-state index is 12.0. The fourth-order valence-electron chi connectivity index (χ4n) is 1.42. The van der Waals surface area contributed by atoms with Gasteiger partial charge in [-0.15, -0.1) is 0 Å². The third-order valence-corrected chi connectivity index (χ3v) is 3.90. The Labute approximate surface area is 132 Å². The molecule has 1 aromatic carbocycles. The summed E-state index contributed by atoms with van der Waals surface area (Å²) in [6.45, 7) is 0. The zero-order valence-corrected chi connectivity index (χ0v) is 14.1. The molecule has 0 heterocycles. The maximum absolute atomic E-state index is 12.0. The minimum atomic E-state index is -1.02. The number of aliphatic carboxylic acids is 1. The zero-order valence-electron chi connectivity index (χ0n) is 10.2. The van der Waals surface area contributed by atoms with Gasteiger partial charge >= 0.3 is 5.97 Å². The summed E-state index contributed by atoms with van der Waals surface area (Å²) in [6.07, 6.45) is 2.30. The number of thioether (sulfide) groups is 1. The van der Waals surface area contributed by atoms with Gasteiger partial charge in [0.2, 0.25) is 0 Å². The highest BCUT2D eigenvalue weighted by molar-refractivity contribution is 9.11. The topological polar surface area (TPSA) is 66.4 Å². The molecule has 19 heavy (non-hydrogen) atoms. The standard InChI is InChI=1S/C12H13Br2NO3S/c1-19-3-2-10(12(17)18)15-11(16)7-4-8(13)6-9(14)5-7/h4-6,10H,2-3H2,1H3,(H,15,16)(H,17,18)/t10-/m0/s1. The summed E-state index contributed by atoms with van der Waals surface area (Å²) < 4.78 is 1.51. The van der Waals surface area contributed by atoms with Gasteiger partial charge in [0.05, 0.1) is 0 Å². The van der Waals surface area contributed by atoms with Gasteiger partial charge in [-0.1, -0.05) is 31.9 Å². The van der Waals surface area contributed by atoms with Crippen LogP contribution in [0.2, 0.25) is 0 Å². The normalized spacial score (nSPS) is 11.9. The molecule has 0 aliphatic carbocycles. The molecule has 0 saturated carbocycles. The number of benzene rings is 1. The number of hydrogen-bond acceptors (Lipinski definition) is 3. The molecule has 104 valence electrons. The minimum absolute atomic E-state index is 0.393. The van der Waals surface area contributed by atoms with E-state index in [9.17, 15) is 9.59 Å². The molecule has 1 rings (SSSR count). The predicted octanol–water partition coefficient (Wildman–Crippen LogP) is 3.15. The van der Waals surface area contributed by atoms with E-state index in [1.165, 1.54) is 0 Å². The first-order chi connectivity index (χ1) is 8.93. The largest absolute Gasteiger partial charge is 0.480 e. The van der Waals surface area contributed by atoms with Gasteiger partial charge < -0.3 is 10.4 Å². The van der Waals surface area contributed by atoms with Crippen LogP contribution in [0.4, 0.5) is 0 Å². The molecule has 1 amide bonds. The van der Waals surface area contributed by atoms with Gasteiger partial charge in [-0.05, 0) is 36.6 Å². The lowest BCUT2D eigenvalue weighted by Crippen LogP contribution is -2.41. The van der Waals surface area contributed by atoms with Gasteiger partial charge in [0.15, 0.2) is 0 Å². The van der Waals surface area contributed by atoms with Crippen molar-refractivity contribution in [3.8, 4) is 0 Å². The number of rotatable bonds is 6. The Balaban J connectivity index is 2.78. The number of carboxylic acids is 1. The van der Waals surface area contributed by atoms with E-state index in [-0.39, 0.29) is 0 Å². The van der Waals surface area contributed by atoms with E-state index in [1.807, 2.05) is 6.26 Å². The first-order valence-electron chi connectivity index (χ1n) is 5.42. The first kappa shape index (κ1) is 16.5. The molecular formula is C12H13Br2NO3S. The molecule has 0 aliphatic rings. The molecule has 0 unspecified atom stereocenters. The highest BCUT2D eigenvalue weighted by Crippen LogP contribution is 2.20. The highest BCUT2D eigenvalue weighted by Gasteiger charge is 2.20. The van der Waals surface area contributed by atoms with Gasteiger partial charge in [-0.25, -0.2) is 4.79 Å². The number of halogens is 2. The number of carboxylic acid groups (broad SMARTS) is 1. The molecule has 0 saturated heterocycles. The summed E-state index contributed by atoms with van der Waals surface area (Å²) in [4.78, 5) is 23.1. The van der Waals surface area contributed by atoms with Gasteiger partial charge in [-0.3, -0.25) is 4.79 Å². The van der Waals surface area contributed by atoms with Crippen LogP contribution in [0.1, 0.15) is 16.8 Å². The van der Waals surface area contributed by atoms with Crippen LogP contribution in [0, 0.1) is 0 Å². The first-order valence-corrected chi connectivity index (χ1v) is 8.40. The Morgan fingerprint density at radius 3 is 2.37 bits per heavy atom. The van der Waals surface area contributed by atoms with Crippen molar-refractivity contribution in [3.63, 3.8) is 0 Å². The summed E-state index contributed by atoms with van der Waals surface area (Å²) >= 11 is 8.12. The van der Waals surface area contributed by atoms with Gasteiger partial charge in [-0.2, -0.15) is 11.8 Å². The number of carbonyl (C=O) groups is 2. The summed E-state index contributed by atoms with van der Waals surface area (Å²) in [5.74, 6) is -0.730. The van der Waals surface area contributed by atoms with E-state index in [2.05, 4.69) is 37.2 Å². The van der Waals surface area contributed by atoms with Crippen LogP contribution >= 0.6 is 43.6 Å². The number of carbonyl (C=O) groups excluding carboxylic acids is 1. The number of hydrogen-bond donors (Lipinski definition) is 2. The van der Waals surface area contributed by atoms with Crippen molar-refractivity contribution < 1.29 is 14.7 Å². The monoisotopic (exact) mass is 409 g/mol. The zero-order chi connectivity index (χ0) is 14.4. The highest BCUT2D eigenvalue weighted by atomic mass is 79.9. The van der Waals surface area contributed by atoms with Crippen LogP contribution < -0.4 is 5.32 Å². The molecule has 0 aliphatic heterocycles. The summed E-state index contributed by atoms with van der Waals surface area (Å²) in [5, 5.41) is 11.6. The maximum Gasteiger partial charge on any atom is 0.326 e. The lowest BCUT2D eigenvalue weighted by molar-refractivity contribution is -0.139. The molecule has 1 aromatic rings. The smallest absolute Gasteiger partial charge is 0.326 e. The lowest BCUT2D eigenvalue weighted by Gasteiger charge is -2.14. The summed E-state index contributed by atoms with van der Waals surface area (Å²) in [7, 11) is 0. The van der Waals surface area contributed by atoms with Crippen molar-refractivity contribution in [2.24, 2.45) is 0 Å². The molecule has 0 spiro atoms. The third-order valence-electron chi connectivity index (χ3n) is 2.34. The van der Waals surface area contributed by atoms with Crippen LogP contribution in [0.15, 0.2) is 27.1 Å². The predicted molar refractivity (Wildman–Crippen MR) is 83.7 cm³/mol. The van der Waals surface area contributed by atoms with Crippen molar-refractivity contribution in [2.75, 3.05) is 12.0 Å². The summed E-state index contributed by atoms with van der Waals surface area (Å²) in [5.41, 5.74) is 0.414. The van der Waals surface area contributed by atoms with Crippen molar-refractivity contribution in [1.29, 1.82) is 0 Å². The lowest BCUT2D eigenvalue weighted by atomic mass is 10.1. The number of nitrogens with one attached hydrogen (secondary N) is 1. The quantitative estimate of drug-likeness (QED) is 0.755. The third kappa shape index (κ3) is 5.54. The van der Waals surface area contributed by atoms with E-state index < -0.39 is 17.9 Å². The van der Waals surface area contributed by atoms with Gasteiger partial charge in [0, 0.05) is 14.5 Å². The summed E-state index contributed by atoms with van der Waals surface area (Å²) in [6, 6.07) is 4.23. The van der Waals surface area contributed by atoms with E-state index in [0.29, 0.717) is 17.7 Å². The molecule has 1 atom stereocenters.